The van der Waals surface area contributed by atoms with Gasteiger partial charge in [-0.3, -0.25) is 9.36 Å². The monoisotopic (exact) mass is 547 g/mol. The van der Waals surface area contributed by atoms with Gasteiger partial charge < -0.3 is 0 Å². The molecule has 1 aromatic heterocycles. The fourth-order valence-corrected chi connectivity index (χ4v) is 4.38. The van der Waals surface area contributed by atoms with Crippen LogP contribution < -0.4 is 5.43 Å². The summed E-state index contributed by atoms with van der Waals surface area (Å²) in [5, 5.41) is 13.5. The zero-order valence-corrected chi connectivity index (χ0v) is 22.2. The van der Waals surface area contributed by atoms with Gasteiger partial charge in [0, 0.05) is 15.7 Å². The van der Waals surface area contributed by atoms with Crippen LogP contribution in [0.5, 0.6) is 0 Å². The van der Waals surface area contributed by atoms with Crippen LogP contribution >= 0.6 is 27.7 Å². The molecule has 4 aromatic rings. The molecule has 0 aliphatic carbocycles. The Labute approximate surface area is 218 Å². The van der Waals surface area contributed by atoms with Crippen molar-refractivity contribution in [2.75, 3.05) is 5.75 Å². The van der Waals surface area contributed by atoms with Gasteiger partial charge in [-0.05, 0) is 40.8 Å². The first-order chi connectivity index (χ1) is 16.8. The lowest BCUT2D eigenvalue weighted by Gasteiger charge is -2.18. The minimum atomic E-state index is -0.217. The van der Waals surface area contributed by atoms with Gasteiger partial charge in [-0.1, -0.05) is 103 Å². The second-order valence-corrected chi connectivity index (χ2v) is 10.8. The fraction of sp³-hybridized carbons (Fsp3) is 0.185. The molecule has 0 saturated carbocycles. The Morgan fingerprint density at radius 1 is 1.00 bits per heavy atom. The lowest BCUT2D eigenvalue weighted by molar-refractivity contribution is -0.118. The number of hydrogen-bond acceptors (Lipinski definition) is 5. The minimum Gasteiger partial charge on any atom is -0.272 e. The van der Waals surface area contributed by atoms with Crippen molar-refractivity contribution >= 4 is 39.8 Å². The highest BCUT2D eigenvalue weighted by molar-refractivity contribution is 9.10. The number of amides is 1. The van der Waals surface area contributed by atoms with Gasteiger partial charge in [0.05, 0.1) is 12.0 Å². The Morgan fingerprint density at radius 3 is 2.34 bits per heavy atom. The third-order valence-corrected chi connectivity index (χ3v) is 6.72. The predicted molar refractivity (Wildman–Crippen MR) is 146 cm³/mol. The topological polar surface area (TPSA) is 72.2 Å². The molecular formula is C27H26BrN5OS. The number of thioether (sulfide) groups is 1. The van der Waals surface area contributed by atoms with E-state index in [-0.39, 0.29) is 17.1 Å². The number of aromatic nitrogens is 3. The predicted octanol–water partition coefficient (Wildman–Crippen LogP) is 6.24. The lowest BCUT2D eigenvalue weighted by atomic mass is 9.87. The van der Waals surface area contributed by atoms with Crippen molar-refractivity contribution in [2.24, 2.45) is 5.10 Å². The van der Waals surface area contributed by atoms with E-state index in [1.807, 2.05) is 71.3 Å². The molecule has 0 atom stereocenters. The zero-order chi connectivity index (χ0) is 24.8. The van der Waals surface area contributed by atoms with Crippen molar-refractivity contribution in [3.05, 3.63) is 94.5 Å². The van der Waals surface area contributed by atoms with Crippen LogP contribution in [-0.4, -0.2) is 32.6 Å². The van der Waals surface area contributed by atoms with Gasteiger partial charge in [-0.15, -0.1) is 10.2 Å². The second kappa shape index (κ2) is 11.0. The number of hydrazone groups is 1. The molecule has 1 N–H and O–H groups in total. The van der Waals surface area contributed by atoms with Crippen molar-refractivity contribution < 1.29 is 4.79 Å². The summed E-state index contributed by atoms with van der Waals surface area (Å²) in [6, 6.07) is 25.9. The largest absolute Gasteiger partial charge is 0.272 e. The summed E-state index contributed by atoms with van der Waals surface area (Å²) in [5.41, 5.74) is 6.73. The summed E-state index contributed by atoms with van der Waals surface area (Å²) in [7, 11) is 0. The van der Waals surface area contributed by atoms with Crippen molar-refractivity contribution in [2.45, 2.75) is 31.3 Å². The number of carbonyl (C=O) groups excluding carboxylic acids is 1. The number of carbonyl (C=O) groups is 1. The molecular weight excluding hydrogens is 522 g/mol. The fourth-order valence-electron chi connectivity index (χ4n) is 3.37. The number of rotatable bonds is 7. The maximum atomic E-state index is 12.4. The van der Waals surface area contributed by atoms with E-state index in [4.69, 9.17) is 0 Å². The third-order valence-electron chi connectivity index (χ3n) is 5.26. The Kier molecular flexibility index (Phi) is 7.83. The van der Waals surface area contributed by atoms with Crippen molar-refractivity contribution in [3.63, 3.8) is 0 Å². The van der Waals surface area contributed by atoms with Gasteiger partial charge in [-0.25, -0.2) is 5.43 Å². The Morgan fingerprint density at radius 2 is 1.69 bits per heavy atom. The maximum Gasteiger partial charge on any atom is 0.250 e. The zero-order valence-electron chi connectivity index (χ0n) is 19.8. The van der Waals surface area contributed by atoms with Gasteiger partial charge >= 0.3 is 0 Å². The Balaban J connectivity index is 1.44. The molecule has 1 heterocycles. The van der Waals surface area contributed by atoms with Crippen LogP contribution in [0.15, 0.2) is 93.6 Å². The molecule has 1 amide bonds. The van der Waals surface area contributed by atoms with E-state index in [0.29, 0.717) is 11.0 Å². The SMILES string of the molecule is CC(C)(C)c1ccc(C=NNC(=O)CSc2nnc(-c3ccc(Br)cc3)n2-c2ccccc2)cc1. The summed E-state index contributed by atoms with van der Waals surface area (Å²) >= 11 is 4.78. The summed E-state index contributed by atoms with van der Waals surface area (Å²) in [4.78, 5) is 12.4. The number of para-hydroxylation sites is 1. The smallest absolute Gasteiger partial charge is 0.250 e. The van der Waals surface area contributed by atoms with E-state index >= 15 is 0 Å². The minimum absolute atomic E-state index is 0.0959. The summed E-state index contributed by atoms with van der Waals surface area (Å²) < 4.78 is 2.95. The van der Waals surface area contributed by atoms with Gasteiger partial charge in [0.25, 0.3) is 5.91 Å². The molecule has 0 aliphatic rings. The average Bonchev–Trinajstić information content (AvgIpc) is 3.27. The number of halogens is 1. The first-order valence-corrected chi connectivity index (χ1v) is 12.9. The van der Waals surface area contributed by atoms with E-state index in [1.54, 1.807) is 6.21 Å². The number of nitrogens with one attached hydrogen (secondary N) is 1. The van der Waals surface area contributed by atoms with Gasteiger partial charge in [0.1, 0.15) is 0 Å². The first kappa shape index (κ1) is 24.9. The van der Waals surface area contributed by atoms with E-state index < -0.39 is 0 Å². The molecule has 8 heteroatoms. The van der Waals surface area contributed by atoms with Crippen LogP contribution in [0, 0.1) is 0 Å². The molecule has 0 bridgehead atoms. The summed E-state index contributed by atoms with van der Waals surface area (Å²) in [6.07, 6.45) is 1.65. The van der Waals surface area contributed by atoms with Gasteiger partial charge in [-0.2, -0.15) is 5.10 Å². The van der Waals surface area contributed by atoms with Crippen LogP contribution in [0.2, 0.25) is 0 Å². The van der Waals surface area contributed by atoms with E-state index in [9.17, 15) is 4.79 Å². The Bertz CT molecular complexity index is 1310. The molecule has 4 rings (SSSR count). The Hall–Kier alpha value is -3.23. The highest BCUT2D eigenvalue weighted by Gasteiger charge is 2.17. The van der Waals surface area contributed by atoms with Crippen molar-refractivity contribution in [3.8, 4) is 17.1 Å². The second-order valence-electron chi connectivity index (χ2n) is 8.94. The first-order valence-electron chi connectivity index (χ1n) is 11.1. The molecule has 0 aliphatic heterocycles. The van der Waals surface area contributed by atoms with Gasteiger partial charge in [0.15, 0.2) is 11.0 Å². The molecule has 0 radical (unpaired) electrons. The van der Waals surface area contributed by atoms with Crippen LogP contribution in [0.1, 0.15) is 31.9 Å². The molecule has 0 fully saturated rings. The standard InChI is InChI=1S/C27H26BrN5OS/c1-27(2,3)21-13-9-19(10-14-21)17-29-30-24(34)18-35-26-32-31-25(20-11-15-22(28)16-12-20)33(26)23-7-5-4-6-8-23/h4-17H,18H2,1-3H3,(H,30,34). The van der Waals surface area contributed by atoms with Crippen LogP contribution in [0.3, 0.4) is 0 Å². The molecule has 0 unspecified atom stereocenters. The summed E-state index contributed by atoms with van der Waals surface area (Å²) in [6.45, 7) is 6.53. The molecule has 178 valence electrons. The molecule has 0 saturated heterocycles. The average molecular weight is 549 g/mol. The molecule has 35 heavy (non-hydrogen) atoms. The number of hydrogen-bond donors (Lipinski definition) is 1. The molecule has 6 nitrogen and oxygen atoms in total. The lowest BCUT2D eigenvalue weighted by Crippen LogP contribution is -2.20. The van der Waals surface area contributed by atoms with Crippen LogP contribution in [0.4, 0.5) is 0 Å². The van der Waals surface area contributed by atoms with Crippen LogP contribution in [0.25, 0.3) is 17.1 Å². The molecule has 0 spiro atoms. The molecule has 3 aromatic carbocycles. The summed E-state index contributed by atoms with van der Waals surface area (Å²) in [5.74, 6) is 0.653. The number of benzene rings is 3. The highest BCUT2D eigenvalue weighted by atomic mass is 79.9. The van der Waals surface area contributed by atoms with E-state index in [2.05, 4.69) is 69.6 Å². The van der Waals surface area contributed by atoms with Gasteiger partial charge in [0.2, 0.25) is 0 Å². The highest BCUT2D eigenvalue weighted by Crippen LogP contribution is 2.28. The van der Waals surface area contributed by atoms with E-state index in [0.717, 1.165) is 21.3 Å². The quantitative estimate of drug-likeness (QED) is 0.169. The normalized spacial score (nSPS) is 11.7. The third kappa shape index (κ3) is 6.46. The van der Waals surface area contributed by atoms with E-state index in [1.165, 1.54) is 17.3 Å². The van der Waals surface area contributed by atoms with Crippen molar-refractivity contribution in [1.82, 2.24) is 20.2 Å². The maximum absolute atomic E-state index is 12.4. The van der Waals surface area contributed by atoms with Crippen molar-refractivity contribution in [1.29, 1.82) is 0 Å². The number of nitrogens with zero attached hydrogens (tertiary/aromatic N) is 4. The van der Waals surface area contributed by atoms with Crippen LogP contribution in [-0.2, 0) is 10.2 Å².